The lowest BCUT2D eigenvalue weighted by Gasteiger charge is -2.49. The normalized spacial score (nSPS) is 31.5. The van der Waals surface area contributed by atoms with E-state index in [1.807, 2.05) is 24.4 Å². The Morgan fingerprint density at radius 1 is 1.38 bits per heavy atom. The number of aromatic nitrogens is 1. The molecule has 5 heteroatoms. The Bertz CT molecular complexity index is 673. The van der Waals surface area contributed by atoms with Crippen molar-refractivity contribution >= 4 is 27.5 Å². The first kappa shape index (κ1) is 13.2. The van der Waals surface area contributed by atoms with Crippen LogP contribution in [0.3, 0.4) is 0 Å². The largest absolute Gasteiger partial charge is 0.347 e. The molecule has 3 aliphatic rings. The van der Waals surface area contributed by atoms with Crippen molar-refractivity contribution in [2.75, 3.05) is 13.1 Å². The highest BCUT2D eigenvalue weighted by molar-refractivity contribution is 7.13. The van der Waals surface area contributed by atoms with Gasteiger partial charge in [-0.05, 0) is 62.4 Å². The minimum Gasteiger partial charge on any atom is -0.347 e. The van der Waals surface area contributed by atoms with Crippen LogP contribution in [0.25, 0.3) is 10.1 Å². The van der Waals surface area contributed by atoms with Crippen LogP contribution in [0, 0.1) is 5.92 Å². The van der Waals surface area contributed by atoms with Crippen molar-refractivity contribution in [2.24, 2.45) is 5.92 Å². The SMILES string of the molecule is C[C@H]1[C@H](NC(=O)c2ccc3cnsc3c2)C2CCN1CC2. The van der Waals surface area contributed by atoms with Gasteiger partial charge in [0.05, 0.1) is 4.70 Å². The molecule has 3 saturated heterocycles. The van der Waals surface area contributed by atoms with Crippen molar-refractivity contribution in [3.63, 3.8) is 0 Å². The van der Waals surface area contributed by atoms with Crippen LogP contribution in [0.15, 0.2) is 24.4 Å². The first-order valence-corrected chi connectivity index (χ1v) is 8.39. The number of nitrogens with one attached hydrogen (secondary N) is 1. The highest BCUT2D eigenvalue weighted by atomic mass is 32.1. The summed E-state index contributed by atoms with van der Waals surface area (Å²) < 4.78 is 5.24. The molecule has 4 heterocycles. The Labute approximate surface area is 128 Å². The summed E-state index contributed by atoms with van der Waals surface area (Å²) >= 11 is 1.44. The first-order valence-electron chi connectivity index (χ1n) is 7.62. The Kier molecular flexibility index (Phi) is 3.19. The molecule has 0 saturated carbocycles. The lowest BCUT2D eigenvalue weighted by molar-refractivity contribution is 0.0217. The molecule has 21 heavy (non-hydrogen) atoms. The monoisotopic (exact) mass is 301 g/mol. The van der Waals surface area contributed by atoms with E-state index in [9.17, 15) is 4.79 Å². The number of piperidine rings is 3. The molecule has 2 atom stereocenters. The number of benzene rings is 1. The fraction of sp³-hybridized carbons (Fsp3) is 0.500. The molecule has 110 valence electrons. The summed E-state index contributed by atoms with van der Waals surface area (Å²) in [5, 5.41) is 4.38. The summed E-state index contributed by atoms with van der Waals surface area (Å²) in [5.74, 6) is 0.692. The van der Waals surface area contributed by atoms with Gasteiger partial charge in [0.1, 0.15) is 0 Å². The van der Waals surface area contributed by atoms with Crippen molar-refractivity contribution in [3.05, 3.63) is 30.0 Å². The van der Waals surface area contributed by atoms with Crippen LogP contribution >= 0.6 is 11.5 Å². The van der Waals surface area contributed by atoms with Gasteiger partial charge in [0.15, 0.2) is 0 Å². The molecule has 1 amide bonds. The second-order valence-corrected chi connectivity index (χ2v) is 7.02. The smallest absolute Gasteiger partial charge is 0.251 e. The van der Waals surface area contributed by atoms with Gasteiger partial charge in [0, 0.05) is 29.2 Å². The number of carbonyl (C=O) groups excluding carboxylic acids is 1. The van der Waals surface area contributed by atoms with Crippen LogP contribution in [0.5, 0.6) is 0 Å². The van der Waals surface area contributed by atoms with E-state index in [4.69, 9.17) is 0 Å². The number of rotatable bonds is 2. The molecule has 2 aromatic rings. The second kappa shape index (κ2) is 5.07. The van der Waals surface area contributed by atoms with E-state index < -0.39 is 0 Å². The average Bonchev–Trinajstić information content (AvgIpc) is 2.98. The summed E-state index contributed by atoms with van der Waals surface area (Å²) in [7, 11) is 0. The van der Waals surface area contributed by atoms with Crippen LogP contribution in [0.4, 0.5) is 0 Å². The summed E-state index contributed by atoms with van der Waals surface area (Å²) in [4.78, 5) is 15.1. The van der Waals surface area contributed by atoms with Gasteiger partial charge in [0.2, 0.25) is 0 Å². The third-order valence-corrected chi connectivity index (χ3v) is 5.86. The van der Waals surface area contributed by atoms with Crippen molar-refractivity contribution in [1.29, 1.82) is 0 Å². The number of carbonyl (C=O) groups is 1. The molecule has 3 fully saturated rings. The molecule has 1 N–H and O–H groups in total. The number of amides is 1. The van der Waals surface area contributed by atoms with E-state index in [1.54, 1.807) is 0 Å². The third kappa shape index (κ3) is 2.24. The van der Waals surface area contributed by atoms with Gasteiger partial charge < -0.3 is 5.32 Å². The van der Waals surface area contributed by atoms with Crippen molar-refractivity contribution in [2.45, 2.75) is 31.8 Å². The van der Waals surface area contributed by atoms with Crippen molar-refractivity contribution in [1.82, 2.24) is 14.6 Å². The molecule has 3 aliphatic heterocycles. The average molecular weight is 301 g/mol. The molecule has 1 aromatic carbocycles. The molecule has 0 unspecified atom stereocenters. The topological polar surface area (TPSA) is 45.2 Å². The lowest BCUT2D eigenvalue weighted by atomic mass is 9.79. The van der Waals surface area contributed by atoms with E-state index in [-0.39, 0.29) is 11.9 Å². The van der Waals surface area contributed by atoms with E-state index in [0.29, 0.717) is 12.0 Å². The zero-order valence-corrected chi connectivity index (χ0v) is 12.9. The maximum atomic E-state index is 12.6. The third-order valence-electron chi connectivity index (χ3n) is 5.09. The fourth-order valence-electron chi connectivity index (χ4n) is 3.78. The Balaban J connectivity index is 1.54. The minimum atomic E-state index is 0.0518. The van der Waals surface area contributed by atoms with Gasteiger partial charge in [-0.1, -0.05) is 6.07 Å². The Hall–Kier alpha value is -1.46. The summed E-state index contributed by atoms with van der Waals surface area (Å²) in [6.07, 6.45) is 4.27. The molecular formula is C16H19N3OS. The predicted molar refractivity (Wildman–Crippen MR) is 84.6 cm³/mol. The van der Waals surface area contributed by atoms with Gasteiger partial charge in [-0.3, -0.25) is 9.69 Å². The van der Waals surface area contributed by atoms with Gasteiger partial charge in [0.25, 0.3) is 5.91 Å². The quantitative estimate of drug-likeness (QED) is 0.927. The van der Waals surface area contributed by atoms with Gasteiger partial charge in [-0.15, -0.1) is 0 Å². The summed E-state index contributed by atoms with van der Waals surface area (Å²) in [5.41, 5.74) is 0.746. The molecule has 0 spiro atoms. The fourth-order valence-corrected chi connectivity index (χ4v) is 4.47. The highest BCUT2D eigenvalue weighted by Crippen LogP contribution is 2.32. The van der Waals surface area contributed by atoms with E-state index in [2.05, 4.69) is 21.5 Å². The van der Waals surface area contributed by atoms with E-state index in [0.717, 1.165) is 15.6 Å². The van der Waals surface area contributed by atoms with Crippen LogP contribution < -0.4 is 5.32 Å². The molecule has 1 aromatic heterocycles. The van der Waals surface area contributed by atoms with Crippen LogP contribution in [0.2, 0.25) is 0 Å². The summed E-state index contributed by atoms with van der Waals surface area (Å²) in [6, 6.07) is 6.57. The number of fused-ring (bicyclic) bond motifs is 4. The molecule has 4 nitrogen and oxygen atoms in total. The lowest BCUT2D eigenvalue weighted by Crippen LogP contribution is -2.62. The van der Waals surface area contributed by atoms with E-state index >= 15 is 0 Å². The number of nitrogens with zero attached hydrogens (tertiary/aromatic N) is 2. The maximum absolute atomic E-state index is 12.6. The second-order valence-electron chi connectivity index (χ2n) is 6.19. The summed E-state index contributed by atoms with van der Waals surface area (Å²) in [6.45, 7) is 4.61. The number of hydrogen-bond acceptors (Lipinski definition) is 4. The predicted octanol–water partition coefficient (Wildman–Crippen LogP) is 2.51. The first-order chi connectivity index (χ1) is 10.2. The minimum absolute atomic E-state index is 0.0518. The highest BCUT2D eigenvalue weighted by Gasteiger charge is 2.40. The zero-order valence-electron chi connectivity index (χ0n) is 12.1. The van der Waals surface area contributed by atoms with Crippen LogP contribution in [0.1, 0.15) is 30.1 Å². The molecule has 2 bridgehead atoms. The van der Waals surface area contributed by atoms with E-state index in [1.165, 1.54) is 37.5 Å². The molecule has 0 radical (unpaired) electrons. The standard InChI is InChI=1S/C16H19N3OS/c1-10-15(11-4-6-19(10)7-5-11)18-16(20)12-2-3-13-9-17-21-14(13)8-12/h2-3,8-11,15H,4-7H2,1H3,(H,18,20)/t10-,15-/m0/s1. The molecule has 5 rings (SSSR count). The Morgan fingerprint density at radius 2 is 2.19 bits per heavy atom. The van der Waals surface area contributed by atoms with Crippen molar-refractivity contribution < 1.29 is 4.79 Å². The van der Waals surface area contributed by atoms with Crippen LogP contribution in [-0.2, 0) is 0 Å². The van der Waals surface area contributed by atoms with Gasteiger partial charge >= 0.3 is 0 Å². The molecular weight excluding hydrogens is 282 g/mol. The zero-order chi connectivity index (χ0) is 14.4. The molecule has 0 aliphatic carbocycles. The maximum Gasteiger partial charge on any atom is 0.251 e. The Morgan fingerprint density at radius 3 is 2.95 bits per heavy atom. The number of hydrogen-bond donors (Lipinski definition) is 1. The van der Waals surface area contributed by atoms with Gasteiger partial charge in [-0.25, -0.2) is 0 Å². The van der Waals surface area contributed by atoms with Gasteiger partial charge in [-0.2, -0.15) is 4.37 Å². The van der Waals surface area contributed by atoms with Crippen molar-refractivity contribution in [3.8, 4) is 0 Å². The van der Waals surface area contributed by atoms with Crippen LogP contribution in [-0.4, -0.2) is 40.4 Å².